The number of thioether (sulfide) groups is 1. The molecule has 0 saturated carbocycles. The summed E-state index contributed by atoms with van der Waals surface area (Å²) in [5.74, 6) is 0.240. The number of nitrogens with zero attached hydrogens (tertiary/aromatic N) is 3. The molecule has 1 aliphatic rings. The van der Waals surface area contributed by atoms with E-state index in [0.29, 0.717) is 28.9 Å². The Morgan fingerprint density at radius 1 is 1.38 bits per heavy atom. The molecule has 1 atom stereocenters. The molecule has 7 nitrogen and oxygen atoms in total. The van der Waals surface area contributed by atoms with Crippen LogP contribution in [0.4, 0.5) is 5.00 Å². The topological polar surface area (TPSA) is 86.1 Å². The molecule has 1 amide bonds. The van der Waals surface area contributed by atoms with Crippen LogP contribution in [0.1, 0.15) is 53.3 Å². The molecule has 2 aromatic heterocycles. The van der Waals surface area contributed by atoms with Gasteiger partial charge in [-0.25, -0.2) is 4.79 Å². The quantitative estimate of drug-likeness (QED) is 0.384. The number of fused-ring (bicyclic) bond motifs is 1. The van der Waals surface area contributed by atoms with Gasteiger partial charge in [0, 0.05) is 11.4 Å². The van der Waals surface area contributed by atoms with E-state index in [-0.39, 0.29) is 11.9 Å². The SMILES string of the molecule is C=CCn1c(C)nnc1SC(C)C(=O)Nc1sc2c(c1C(=O)OCC)CCCC2. The molecule has 0 fully saturated rings. The molecule has 1 aliphatic carbocycles. The molecular formula is C20H26N4O3S2. The summed E-state index contributed by atoms with van der Waals surface area (Å²) in [5, 5.41) is 12.1. The van der Waals surface area contributed by atoms with Crippen LogP contribution < -0.4 is 5.32 Å². The number of anilines is 1. The van der Waals surface area contributed by atoms with Gasteiger partial charge >= 0.3 is 5.97 Å². The summed E-state index contributed by atoms with van der Waals surface area (Å²) < 4.78 is 7.17. The van der Waals surface area contributed by atoms with Gasteiger partial charge in [-0.1, -0.05) is 17.8 Å². The predicted octanol–water partition coefficient (Wildman–Crippen LogP) is 4.01. The molecule has 1 N–H and O–H groups in total. The lowest BCUT2D eigenvalue weighted by molar-refractivity contribution is -0.115. The molecule has 0 spiro atoms. The van der Waals surface area contributed by atoms with Gasteiger partial charge in [-0.3, -0.25) is 4.79 Å². The number of hydrogen-bond donors (Lipinski definition) is 1. The number of carbonyl (C=O) groups is 2. The minimum absolute atomic E-state index is 0.176. The van der Waals surface area contributed by atoms with E-state index in [0.717, 1.165) is 37.1 Å². The average molecular weight is 435 g/mol. The standard InChI is InChI=1S/C20H26N4O3S2/c1-5-11-24-13(4)22-23-20(24)28-12(3)17(25)21-18-16(19(26)27-6-2)14-9-7-8-10-15(14)29-18/h5,12H,1,6-11H2,2-4H3,(H,21,25). The summed E-state index contributed by atoms with van der Waals surface area (Å²) in [6.45, 7) is 10.1. The Bertz CT molecular complexity index is 919. The third-order valence-electron chi connectivity index (χ3n) is 4.75. The van der Waals surface area contributed by atoms with Crippen molar-refractivity contribution in [3.8, 4) is 0 Å². The van der Waals surface area contributed by atoms with Crippen LogP contribution in [0.25, 0.3) is 0 Å². The fourth-order valence-corrected chi connectivity index (χ4v) is 5.47. The highest BCUT2D eigenvalue weighted by Crippen LogP contribution is 2.39. The lowest BCUT2D eigenvalue weighted by Gasteiger charge is -2.13. The number of aryl methyl sites for hydroxylation is 2. The van der Waals surface area contributed by atoms with Gasteiger partial charge in [-0.2, -0.15) is 0 Å². The molecular weight excluding hydrogens is 408 g/mol. The van der Waals surface area contributed by atoms with Gasteiger partial charge in [0.2, 0.25) is 5.91 Å². The zero-order valence-electron chi connectivity index (χ0n) is 17.0. The van der Waals surface area contributed by atoms with Crippen molar-refractivity contribution in [3.63, 3.8) is 0 Å². The van der Waals surface area contributed by atoms with Crippen molar-refractivity contribution < 1.29 is 14.3 Å². The summed E-state index contributed by atoms with van der Waals surface area (Å²) in [7, 11) is 0. The number of amides is 1. The summed E-state index contributed by atoms with van der Waals surface area (Å²) in [4.78, 5) is 26.6. The van der Waals surface area contributed by atoms with E-state index in [4.69, 9.17) is 4.74 Å². The van der Waals surface area contributed by atoms with Gasteiger partial charge in [-0.15, -0.1) is 28.1 Å². The Morgan fingerprint density at radius 2 is 2.14 bits per heavy atom. The van der Waals surface area contributed by atoms with E-state index in [2.05, 4.69) is 22.1 Å². The van der Waals surface area contributed by atoms with Crippen LogP contribution in [0.5, 0.6) is 0 Å². The molecule has 0 saturated heterocycles. The third kappa shape index (κ3) is 4.72. The van der Waals surface area contributed by atoms with Crippen molar-refractivity contribution in [1.82, 2.24) is 14.8 Å². The van der Waals surface area contributed by atoms with Gasteiger partial charge < -0.3 is 14.6 Å². The Hall–Kier alpha value is -2.13. The van der Waals surface area contributed by atoms with Crippen molar-refractivity contribution in [2.24, 2.45) is 0 Å². The van der Waals surface area contributed by atoms with Crippen molar-refractivity contribution in [1.29, 1.82) is 0 Å². The lowest BCUT2D eigenvalue weighted by atomic mass is 9.95. The first-order valence-electron chi connectivity index (χ1n) is 9.76. The molecule has 9 heteroatoms. The van der Waals surface area contributed by atoms with Crippen LogP contribution in [0.15, 0.2) is 17.8 Å². The molecule has 2 aromatic rings. The number of allylic oxidation sites excluding steroid dienone is 1. The minimum atomic E-state index is -0.406. The zero-order valence-corrected chi connectivity index (χ0v) is 18.6. The largest absolute Gasteiger partial charge is 0.462 e. The highest BCUT2D eigenvalue weighted by atomic mass is 32.2. The van der Waals surface area contributed by atoms with Crippen molar-refractivity contribution in [3.05, 3.63) is 34.5 Å². The van der Waals surface area contributed by atoms with E-state index < -0.39 is 5.25 Å². The normalized spacial score (nSPS) is 14.2. The van der Waals surface area contributed by atoms with Crippen molar-refractivity contribution >= 4 is 40.0 Å². The highest BCUT2D eigenvalue weighted by Gasteiger charge is 2.28. The number of aromatic nitrogens is 3. The van der Waals surface area contributed by atoms with Crippen LogP contribution in [0.3, 0.4) is 0 Å². The molecule has 0 aliphatic heterocycles. The third-order valence-corrected chi connectivity index (χ3v) is 7.04. The van der Waals surface area contributed by atoms with Crippen molar-refractivity contribution in [2.75, 3.05) is 11.9 Å². The second-order valence-electron chi connectivity index (χ2n) is 6.81. The van der Waals surface area contributed by atoms with Crippen LogP contribution in [0.2, 0.25) is 0 Å². The van der Waals surface area contributed by atoms with E-state index in [9.17, 15) is 9.59 Å². The summed E-state index contributed by atoms with van der Waals surface area (Å²) >= 11 is 2.83. The lowest BCUT2D eigenvalue weighted by Crippen LogP contribution is -2.24. The van der Waals surface area contributed by atoms with Crippen LogP contribution in [-0.2, 0) is 28.9 Å². The zero-order chi connectivity index (χ0) is 21.0. The van der Waals surface area contributed by atoms with Crippen molar-refractivity contribution in [2.45, 2.75) is 63.4 Å². The first-order chi connectivity index (χ1) is 14.0. The maximum atomic E-state index is 12.9. The minimum Gasteiger partial charge on any atom is -0.462 e. The Morgan fingerprint density at radius 3 is 2.86 bits per heavy atom. The highest BCUT2D eigenvalue weighted by molar-refractivity contribution is 8.00. The molecule has 0 bridgehead atoms. The van der Waals surface area contributed by atoms with Crippen LogP contribution in [0, 0.1) is 6.92 Å². The van der Waals surface area contributed by atoms with Gasteiger partial charge in [-0.05, 0) is 52.0 Å². The average Bonchev–Trinajstić information content (AvgIpc) is 3.23. The monoisotopic (exact) mass is 434 g/mol. The smallest absolute Gasteiger partial charge is 0.341 e. The fraction of sp³-hybridized carbons (Fsp3) is 0.500. The number of carbonyl (C=O) groups excluding carboxylic acids is 2. The molecule has 0 radical (unpaired) electrons. The van der Waals surface area contributed by atoms with Gasteiger partial charge in [0.1, 0.15) is 10.8 Å². The van der Waals surface area contributed by atoms with Gasteiger partial charge in [0.25, 0.3) is 0 Å². The van der Waals surface area contributed by atoms with E-state index >= 15 is 0 Å². The fourth-order valence-electron chi connectivity index (χ4n) is 3.29. The molecule has 156 valence electrons. The number of hydrogen-bond acceptors (Lipinski definition) is 7. The molecule has 1 unspecified atom stereocenters. The summed E-state index contributed by atoms with van der Waals surface area (Å²) in [5.41, 5.74) is 1.57. The van der Waals surface area contributed by atoms with Crippen LogP contribution >= 0.6 is 23.1 Å². The maximum absolute atomic E-state index is 12.9. The first-order valence-corrected chi connectivity index (χ1v) is 11.5. The number of nitrogens with one attached hydrogen (secondary N) is 1. The second kappa shape index (κ2) is 9.58. The Kier molecular flexibility index (Phi) is 7.13. The van der Waals surface area contributed by atoms with E-state index in [1.54, 1.807) is 13.0 Å². The first kappa shape index (κ1) is 21.6. The number of rotatable bonds is 8. The van der Waals surface area contributed by atoms with Crippen LogP contribution in [-0.4, -0.2) is 38.5 Å². The Labute approximate surface area is 178 Å². The van der Waals surface area contributed by atoms with E-state index in [1.807, 2.05) is 18.4 Å². The number of esters is 1. The predicted molar refractivity (Wildman–Crippen MR) is 116 cm³/mol. The molecule has 3 rings (SSSR count). The molecule has 0 aromatic carbocycles. The molecule has 2 heterocycles. The summed E-state index contributed by atoms with van der Waals surface area (Å²) in [6, 6.07) is 0. The summed E-state index contributed by atoms with van der Waals surface area (Å²) in [6.07, 6.45) is 5.72. The number of thiophene rings is 1. The van der Waals surface area contributed by atoms with Gasteiger partial charge in [0.15, 0.2) is 5.16 Å². The molecule has 29 heavy (non-hydrogen) atoms. The Balaban J connectivity index is 1.79. The maximum Gasteiger partial charge on any atom is 0.341 e. The number of ether oxygens (including phenoxy) is 1. The second-order valence-corrected chi connectivity index (χ2v) is 9.23. The van der Waals surface area contributed by atoms with Gasteiger partial charge in [0.05, 0.1) is 17.4 Å². The van der Waals surface area contributed by atoms with E-state index in [1.165, 1.54) is 28.0 Å².